The van der Waals surface area contributed by atoms with Crippen LogP contribution in [0, 0.1) is 11.3 Å². The molecular weight excluding hydrogens is 389 g/mol. The molecule has 0 N–H and O–H groups in total. The van der Waals surface area contributed by atoms with Crippen LogP contribution < -0.4 is 0 Å². The third-order valence-corrected chi connectivity index (χ3v) is 4.45. The quantitative estimate of drug-likeness (QED) is 0.518. The van der Waals surface area contributed by atoms with Gasteiger partial charge in [-0.1, -0.05) is 29.3 Å². The van der Waals surface area contributed by atoms with E-state index in [9.17, 15) is 14.9 Å². The summed E-state index contributed by atoms with van der Waals surface area (Å²) in [5.41, 5.74) is -0.598. The molecule has 5 nitrogen and oxygen atoms in total. The van der Waals surface area contributed by atoms with E-state index in [4.69, 9.17) is 32.7 Å². The van der Waals surface area contributed by atoms with Crippen LogP contribution in [0.1, 0.15) is 58.9 Å². The number of carbonyl (C=O) groups excluding carboxylic acids is 2. The Kier molecular flexibility index (Phi) is 9.08. The maximum atomic E-state index is 12.0. The number of esters is 2. The first-order chi connectivity index (χ1) is 12.6. The van der Waals surface area contributed by atoms with Crippen molar-refractivity contribution in [1.82, 2.24) is 0 Å². The molecule has 0 aliphatic heterocycles. The van der Waals surface area contributed by atoms with E-state index < -0.39 is 17.4 Å². The maximum absolute atomic E-state index is 12.0. The Bertz CT molecular complexity index is 684. The maximum Gasteiger partial charge on any atom is 0.306 e. The third kappa shape index (κ3) is 7.40. The van der Waals surface area contributed by atoms with E-state index in [2.05, 4.69) is 6.07 Å². The Hall–Kier alpha value is -1.77. The molecule has 0 amide bonds. The van der Waals surface area contributed by atoms with Crippen molar-refractivity contribution in [3.8, 4) is 6.07 Å². The topological polar surface area (TPSA) is 76.4 Å². The smallest absolute Gasteiger partial charge is 0.306 e. The van der Waals surface area contributed by atoms with Gasteiger partial charge in [0.25, 0.3) is 0 Å². The Labute approximate surface area is 170 Å². The molecular formula is C20H25Cl2NO4. The Balaban J connectivity index is 3.10. The highest BCUT2D eigenvalue weighted by Crippen LogP contribution is 2.39. The predicted octanol–water partition coefficient (Wildman–Crippen LogP) is 5.22. The summed E-state index contributed by atoms with van der Waals surface area (Å²) in [4.78, 5) is 24.0. The highest BCUT2D eigenvalue weighted by atomic mass is 35.5. The van der Waals surface area contributed by atoms with Crippen molar-refractivity contribution in [3.63, 3.8) is 0 Å². The molecule has 0 heterocycles. The lowest BCUT2D eigenvalue weighted by molar-refractivity contribution is -0.147. The zero-order valence-electron chi connectivity index (χ0n) is 16.1. The van der Waals surface area contributed by atoms with E-state index in [1.165, 1.54) is 0 Å². The molecule has 1 aromatic carbocycles. The van der Waals surface area contributed by atoms with E-state index in [1.807, 2.05) is 0 Å². The van der Waals surface area contributed by atoms with Crippen LogP contribution in [0.5, 0.6) is 0 Å². The molecule has 0 saturated heterocycles. The fourth-order valence-corrected chi connectivity index (χ4v) is 3.31. The van der Waals surface area contributed by atoms with E-state index in [1.54, 1.807) is 45.9 Å². The van der Waals surface area contributed by atoms with Gasteiger partial charge in [0.1, 0.15) is 0 Å². The molecule has 1 aromatic rings. The van der Waals surface area contributed by atoms with Gasteiger partial charge in [0, 0.05) is 22.9 Å². The molecule has 7 heteroatoms. The number of halogens is 2. The van der Waals surface area contributed by atoms with Crippen LogP contribution in [0.2, 0.25) is 10.0 Å². The van der Waals surface area contributed by atoms with Crippen LogP contribution in [0.3, 0.4) is 0 Å². The number of benzene rings is 1. The number of ether oxygens (including phenoxy) is 2. The minimum atomic E-state index is -1.13. The summed E-state index contributed by atoms with van der Waals surface area (Å²) in [7, 11) is 0. The van der Waals surface area contributed by atoms with Gasteiger partial charge in [-0.25, -0.2) is 0 Å². The van der Waals surface area contributed by atoms with Crippen LogP contribution in [-0.4, -0.2) is 24.1 Å². The Morgan fingerprint density at radius 2 is 1.52 bits per heavy atom. The van der Waals surface area contributed by atoms with Gasteiger partial charge >= 0.3 is 11.9 Å². The summed E-state index contributed by atoms with van der Waals surface area (Å²) in [6.45, 7) is 7.03. The fraction of sp³-hybridized carbons (Fsp3) is 0.550. The number of nitrogens with zero attached hydrogens (tertiary/aromatic N) is 1. The van der Waals surface area contributed by atoms with Crippen molar-refractivity contribution in [1.29, 1.82) is 5.26 Å². The lowest BCUT2D eigenvalue weighted by Gasteiger charge is -2.28. The summed E-state index contributed by atoms with van der Waals surface area (Å²) in [6, 6.07) is 7.11. The van der Waals surface area contributed by atoms with Gasteiger partial charge in [-0.15, -0.1) is 0 Å². The molecule has 148 valence electrons. The van der Waals surface area contributed by atoms with Gasteiger partial charge in [-0.2, -0.15) is 5.26 Å². The number of rotatable bonds is 9. The van der Waals surface area contributed by atoms with Crippen molar-refractivity contribution in [2.75, 3.05) is 0 Å². The molecule has 0 atom stereocenters. The largest absolute Gasteiger partial charge is 0.463 e. The molecule has 0 radical (unpaired) electrons. The summed E-state index contributed by atoms with van der Waals surface area (Å²) in [5, 5.41) is 10.7. The van der Waals surface area contributed by atoms with Crippen LogP contribution in [0.15, 0.2) is 18.2 Å². The standard InChI is InChI=1S/C20H25Cl2NO4/c1-13(2)26-18(24)7-9-20(12-23,10-8-19(25)27-14(3)4)16-6-5-15(21)11-17(16)22/h5-6,11,13-14H,7-10H2,1-4H3. The van der Waals surface area contributed by atoms with Crippen molar-refractivity contribution >= 4 is 35.1 Å². The summed E-state index contributed by atoms with van der Waals surface area (Å²) in [6.07, 6.45) is -0.0758. The normalized spacial score (nSPS) is 11.4. The minimum Gasteiger partial charge on any atom is -0.463 e. The zero-order chi connectivity index (χ0) is 20.6. The van der Waals surface area contributed by atoms with E-state index in [-0.39, 0.29) is 37.9 Å². The number of nitriles is 1. The molecule has 1 rings (SSSR count). The first kappa shape index (κ1) is 23.3. The molecule has 0 saturated carbocycles. The van der Waals surface area contributed by atoms with Crippen LogP contribution in [-0.2, 0) is 24.5 Å². The molecule has 0 aromatic heterocycles. The van der Waals surface area contributed by atoms with Crippen LogP contribution >= 0.6 is 23.2 Å². The second-order valence-electron chi connectivity index (χ2n) is 6.90. The number of hydrogen-bond acceptors (Lipinski definition) is 5. The van der Waals surface area contributed by atoms with Crippen molar-refractivity contribution in [2.45, 2.75) is 71.0 Å². The minimum absolute atomic E-state index is 0.0317. The predicted molar refractivity (Wildman–Crippen MR) is 105 cm³/mol. The number of hydrogen-bond donors (Lipinski definition) is 0. The van der Waals surface area contributed by atoms with Crippen molar-refractivity contribution in [2.24, 2.45) is 0 Å². The van der Waals surface area contributed by atoms with Crippen LogP contribution in [0.25, 0.3) is 0 Å². The summed E-state index contributed by atoms with van der Waals surface area (Å²) in [5.74, 6) is -0.807. The summed E-state index contributed by atoms with van der Waals surface area (Å²) < 4.78 is 10.3. The fourth-order valence-electron chi connectivity index (χ4n) is 2.72. The Morgan fingerprint density at radius 1 is 1.04 bits per heavy atom. The monoisotopic (exact) mass is 413 g/mol. The zero-order valence-corrected chi connectivity index (χ0v) is 17.6. The van der Waals surface area contributed by atoms with E-state index >= 15 is 0 Å². The first-order valence-corrected chi connectivity index (χ1v) is 9.61. The molecule has 0 aliphatic carbocycles. The lowest BCUT2D eigenvalue weighted by Crippen LogP contribution is -2.28. The summed E-state index contributed by atoms with van der Waals surface area (Å²) >= 11 is 12.3. The van der Waals surface area contributed by atoms with Gasteiger partial charge < -0.3 is 9.47 Å². The van der Waals surface area contributed by atoms with Gasteiger partial charge in [0.15, 0.2) is 0 Å². The number of carbonyl (C=O) groups is 2. The van der Waals surface area contributed by atoms with Crippen molar-refractivity contribution in [3.05, 3.63) is 33.8 Å². The van der Waals surface area contributed by atoms with Gasteiger partial charge in [0.2, 0.25) is 0 Å². The highest BCUT2D eigenvalue weighted by molar-refractivity contribution is 6.35. The lowest BCUT2D eigenvalue weighted by atomic mass is 9.74. The first-order valence-electron chi connectivity index (χ1n) is 8.85. The highest BCUT2D eigenvalue weighted by Gasteiger charge is 2.36. The molecule has 0 unspecified atom stereocenters. The SMILES string of the molecule is CC(C)OC(=O)CCC(C#N)(CCC(=O)OC(C)C)c1ccc(Cl)cc1Cl. The average Bonchev–Trinajstić information content (AvgIpc) is 2.55. The van der Waals surface area contributed by atoms with Crippen LogP contribution in [0.4, 0.5) is 0 Å². The van der Waals surface area contributed by atoms with Gasteiger partial charge in [0.05, 0.1) is 23.7 Å². The van der Waals surface area contributed by atoms with Gasteiger partial charge in [-0.3, -0.25) is 9.59 Å². The average molecular weight is 414 g/mol. The Morgan fingerprint density at radius 3 is 1.89 bits per heavy atom. The third-order valence-electron chi connectivity index (χ3n) is 3.91. The van der Waals surface area contributed by atoms with E-state index in [0.29, 0.717) is 15.6 Å². The van der Waals surface area contributed by atoms with Gasteiger partial charge in [-0.05, 0) is 58.2 Å². The molecule has 27 heavy (non-hydrogen) atoms. The molecule has 0 fully saturated rings. The molecule has 0 bridgehead atoms. The molecule has 0 spiro atoms. The molecule has 0 aliphatic rings. The van der Waals surface area contributed by atoms with Crippen molar-refractivity contribution < 1.29 is 19.1 Å². The van der Waals surface area contributed by atoms with E-state index in [0.717, 1.165) is 0 Å². The second kappa shape index (κ2) is 10.5. The second-order valence-corrected chi connectivity index (χ2v) is 7.74.